The van der Waals surface area contributed by atoms with Crippen molar-refractivity contribution >= 4 is 6.09 Å². The molecular weight excluding hydrogens is 414 g/mol. The van der Waals surface area contributed by atoms with Crippen molar-refractivity contribution in [3.05, 3.63) is 71.3 Å². The van der Waals surface area contributed by atoms with Crippen molar-refractivity contribution in [1.82, 2.24) is 4.90 Å². The quantitative estimate of drug-likeness (QED) is 0.559. The van der Waals surface area contributed by atoms with Crippen LogP contribution in [0.1, 0.15) is 55.6 Å². The van der Waals surface area contributed by atoms with Gasteiger partial charge in [-0.15, -0.1) is 0 Å². The number of fused-ring (bicyclic) bond motifs is 5. The summed E-state index contributed by atoms with van der Waals surface area (Å²) < 4.78 is 17.4. The van der Waals surface area contributed by atoms with Crippen LogP contribution in [0.3, 0.4) is 0 Å². The highest BCUT2D eigenvalue weighted by atomic mass is 16.7. The fraction of sp³-hybridized carbons (Fsp3) is 0.464. The van der Waals surface area contributed by atoms with Crippen molar-refractivity contribution in [2.24, 2.45) is 0 Å². The van der Waals surface area contributed by atoms with E-state index in [1.54, 1.807) is 0 Å². The molecular formula is C28H31NO4. The molecule has 3 aliphatic heterocycles. The Labute approximate surface area is 195 Å². The molecule has 2 aromatic rings. The maximum Gasteiger partial charge on any atom is 0.410 e. The van der Waals surface area contributed by atoms with E-state index in [0.717, 1.165) is 51.7 Å². The molecule has 2 bridgehead atoms. The van der Waals surface area contributed by atoms with Crippen LogP contribution in [0.5, 0.6) is 0 Å². The highest BCUT2D eigenvalue weighted by Gasteiger charge is 2.41. The van der Waals surface area contributed by atoms with E-state index >= 15 is 0 Å². The van der Waals surface area contributed by atoms with E-state index in [9.17, 15) is 4.79 Å². The lowest BCUT2D eigenvalue weighted by Gasteiger charge is -2.34. The van der Waals surface area contributed by atoms with Gasteiger partial charge in [0.05, 0.1) is 19.3 Å². The number of hydrogen-bond acceptors (Lipinski definition) is 4. The lowest BCUT2D eigenvalue weighted by atomic mass is 9.97. The van der Waals surface area contributed by atoms with Gasteiger partial charge in [-0.2, -0.15) is 0 Å². The SMILES string of the molecule is O=C(OCC1c2ccccc2-c2ccccc21)N1C2C=C(CCC3OCCCO3)CC1CC2. The van der Waals surface area contributed by atoms with Gasteiger partial charge in [0.25, 0.3) is 0 Å². The third-order valence-corrected chi connectivity index (χ3v) is 7.62. The maximum absolute atomic E-state index is 13.2. The normalized spacial score (nSPS) is 24.4. The van der Waals surface area contributed by atoms with E-state index in [1.807, 2.05) is 4.90 Å². The molecule has 6 rings (SSSR count). The van der Waals surface area contributed by atoms with Gasteiger partial charge in [0.1, 0.15) is 6.61 Å². The predicted molar refractivity (Wildman–Crippen MR) is 126 cm³/mol. The number of carbonyl (C=O) groups excluding carboxylic acids is 1. The van der Waals surface area contributed by atoms with Gasteiger partial charge < -0.3 is 14.2 Å². The molecule has 3 heterocycles. The predicted octanol–water partition coefficient (Wildman–Crippen LogP) is 5.64. The van der Waals surface area contributed by atoms with Crippen LogP contribution in [0.25, 0.3) is 11.1 Å². The van der Waals surface area contributed by atoms with Gasteiger partial charge in [-0.05, 0) is 54.4 Å². The molecule has 0 N–H and O–H groups in total. The van der Waals surface area contributed by atoms with E-state index < -0.39 is 0 Å². The standard InChI is InChI=1S/C28H31NO4/c30-28(33-18-26-24-8-3-1-6-22(24)23-7-2-4-9-25(23)26)29-20-11-12-21(29)17-19(16-20)10-13-27-31-14-5-15-32-27/h1-4,6-9,16,20-21,26-27H,5,10-15,17-18H2. The number of nitrogens with zero attached hydrogens (tertiary/aromatic N) is 1. The number of ether oxygens (including phenoxy) is 3. The fourth-order valence-corrected chi connectivity index (χ4v) is 6.06. The number of carbonyl (C=O) groups is 1. The molecule has 5 heteroatoms. The van der Waals surface area contributed by atoms with Gasteiger partial charge in [-0.25, -0.2) is 4.79 Å². The summed E-state index contributed by atoms with van der Waals surface area (Å²) in [6.45, 7) is 1.98. The lowest BCUT2D eigenvalue weighted by molar-refractivity contribution is -0.180. The Hall–Kier alpha value is -2.63. The molecule has 2 aromatic carbocycles. The Morgan fingerprint density at radius 3 is 2.36 bits per heavy atom. The topological polar surface area (TPSA) is 48.0 Å². The molecule has 1 amide bonds. The average Bonchev–Trinajstić information content (AvgIpc) is 3.33. The number of rotatable bonds is 5. The van der Waals surface area contributed by atoms with Crippen LogP contribution in [-0.2, 0) is 14.2 Å². The van der Waals surface area contributed by atoms with E-state index in [4.69, 9.17) is 14.2 Å². The van der Waals surface area contributed by atoms with Crippen molar-refractivity contribution in [2.75, 3.05) is 19.8 Å². The molecule has 2 saturated heterocycles. The molecule has 0 spiro atoms. The van der Waals surface area contributed by atoms with Crippen LogP contribution in [0.15, 0.2) is 60.2 Å². The average molecular weight is 446 g/mol. The Bertz CT molecular complexity index is 1010. The Morgan fingerprint density at radius 1 is 0.970 bits per heavy atom. The van der Waals surface area contributed by atoms with Crippen molar-refractivity contribution in [1.29, 1.82) is 0 Å². The van der Waals surface area contributed by atoms with Gasteiger partial charge in [-0.1, -0.05) is 60.2 Å². The zero-order chi connectivity index (χ0) is 22.2. The molecule has 0 saturated carbocycles. The van der Waals surface area contributed by atoms with Crippen molar-refractivity contribution in [3.8, 4) is 11.1 Å². The highest BCUT2D eigenvalue weighted by molar-refractivity contribution is 5.79. The second kappa shape index (κ2) is 8.96. The van der Waals surface area contributed by atoms with Gasteiger partial charge in [-0.3, -0.25) is 4.90 Å². The first-order chi connectivity index (χ1) is 16.3. The fourth-order valence-electron chi connectivity index (χ4n) is 6.06. The maximum atomic E-state index is 13.2. The Morgan fingerprint density at radius 2 is 1.67 bits per heavy atom. The summed E-state index contributed by atoms with van der Waals surface area (Å²) in [6.07, 6.45) is 7.93. The summed E-state index contributed by atoms with van der Waals surface area (Å²) in [7, 11) is 0. The minimum absolute atomic E-state index is 0.0718. The molecule has 5 nitrogen and oxygen atoms in total. The first-order valence-corrected chi connectivity index (χ1v) is 12.3. The second-order valence-corrected chi connectivity index (χ2v) is 9.60. The van der Waals surface area contributed by atoms with Crippen LogP contribution in [0.4, 0.5) is 4.79 Å². The monoisotopic (exact) mass is 445 g/mol. The minimum atomic E-state index is -0.168. The third kappa shape index (κ3) is 3.98. The Balaban J connectivity index is 1.10. The van der Waals surface area contributed by atoms with Crippen molar-refractivity contribution < 1.29 is 19.0 Å². The summed E-state index contributed by atoms with van der Waals surface area (Å²) in [5.41, 5.74) is 6.45. The first-order valence-electron chi connectivity index (χ1n) is 12.3. The Kier molecular flexibility index (Phi) is 5.68. The lowest BCUT2D eigenvalue weighted by Crippen LogP contribution is -2.43. The summed E-state index contributed by atoms with van der Waals surface area (Å²) in [4.78, 5) is 15.2. The molecule has 2 fully saturated rings. The summed E-state index contributed by atoms with van der Waals surface area (Å²) in [5, 5.41) is 0. The van der Waals surface area contributed by atoms with Crippen molar-refractivity contribution in [3.63, 3.8) is 0 Å². The van der Waals surface area contributed by atoms with E-state index in [2.05, 4.69) is 54.6 Å². The van der Waals surface area contributed by atoms with Crippen LogP contribution in [0.2, 0.25) is 0 Å². The van der Waals surface area contributed by atoms with E-state index in [0.29, 0.717) is 6.61 Å². The highest BCUT2D eigenvalue weighted by Crippen LogP contribution is 2.45. The largest absolute Gasteiger partial charge is 0.448 e. The smallest absolute Gasteiger partial charge is 0.410 e. The molecule has 172 valence electrons. The van der Waals surface area contributed by atoms with E-state index in [-0.39, 0.29) is 30.4 Å². The molecule has 4 aliphatic rings. The van der Waals surface area contributed by atoms with Gasteiger partial charge >= 0.3 is 6.09 Å². The molecule has 1 aliphatic carbocycles. The first kappa shape index (κ1) is 20.9. The summed E-state index contributed by atoms with van der Waals surface area (Å²) in [6, 6.07) is 17.3. The van der Waals surface area contributed by atoms with Crippen LogP contribution in [-0.4, -0.2) is 49.2 Å². The zero-order valence-corrected chi connectivity index (χ0v) is 18.9. The molecule has 0 aromatic heterocycles. The third-order valence-electron chi connectivity index (χ3n) is 7.62. The van der Waals surface area contributed by atoms with Gasteiger partial charge in [0.15, 0.2) is 6.29 Å². The molecule has 2 atom stereocenters. The van der Waals surface area contributed by atoms with Gasteiger partial charge in [0.2, 0.25) is 0 Å². The molecule has 33 heavy (non-hydrogen) atoms. The van der Waals surface area contributed by atoms with E-state index in [1.165, 1.54) is 27.8 Å². The number of amides is 1. The second-order valence-electron chi connectivity index (χ2n) is 9.60. The van der Waals surface area contributed by atoms with Crippen LogP contribution < -0.4 is 0 Å². The number of benzene rings is 2. The van der Waals surface area contributed by atoms with Crippen LogP contribution >= 0.6 is 0 Å². The van der Waals surface area contributed by atoms with Crippen molar-refractivity contribution in [2.45, 2.75) is 62.8 Å². The van der Waals surface area contributed by atoms with Crippen LogP contribution in [0, 0.1) is 0 Å². The van der Waals surface area contributed by atoms with Gasteiger partial charge in [0, 0.05) is 18.4 Å². The zero-order valence-electron chi connectivity index (χ0n) is 18.9. The number of hydrogen-bond donors (Lipinski definition) is 0. The molecule has 0 radical (unpaired) electrons. The summed E-state index contributed by atoms with van der Waals surface area (Å²) >= 11 is 0. The molecule has 2 unspecified atom stereocenters. The summed E-state index contributed by atoms with van der Waals surface area (Å²) in [5.74, 6) is 0.102. The minimum Gasteiger partial charge on any atom is -0.448 e.